The minimum atomic E-state index is -3.26. The Labute approximate surface area is 179 Å². The molecule has 0 radical (unpaired) electrons. The Hall–Kier alpha value is -4.28. The Balaban J connectivity index is 1.76. The number of hydrogen-bond donors (Lipinski definition) is 1. The summed E-state index contributed by atoms with van der Waals surface area (Å²) in [6, 6.07) is 14.0. The Morgan fingerprint density at radius 2 is 1.81 bits per heavy atom. The molecule has 0 aliphatic carbocycles. The fraction of sp³-hybridized carbons (Fsp3) is 0.143. The molecule has 11 heteroatoms. The first-order valence-electron chi connectivity index (χ1n) is 9.06. The van der Waals surface area contributed by atoms with E-state index >= 15 is 0 Å². The molecule has 0 spiro atoms. The number of fused-ring (bicyclic) bond motifs is 1. The minimum absolute atomic E-state index is 0.344. The molecule has 0 atom stereocenters. The summed E-state index contributed by atoms with van der Waals surface area (Å²) in [4.78, 5) is 35.0. The van der Waals surface area contributed by atoms with Crippen LogP contribution in [0, 0.1) is 10.1 Å². The van der Waals surface area contributed by atoms with Crippen LogP contribution in [0.1, 0.15) is 10.4 Å². The molecule has 166 valence electrons. The Bertz CT molecular complexity index is 1180. The maximum absolute atomic E-state index is 12.5. The van der Waals surface area contributed by atoms with Crippen LogP contribution in [0.3, 0.4) is 0 Å². The van der Waals surface area contributed by atoms with Crippen molar-refractivity contribution in [3.63, 3.8) is 0 Å². The average molecular weight is 446 g/mol. The number of nitrogens with one attached hydrogen (secondary N) is 1. The summed E-state index contributed by atoms with van der Waals surface area (Å²) >= 11 is 0. The smallest absolute Gasteiger partial charge is 0.387 e. The van der Waals surface area contributed by atoms with E-state index in [1.165, 1.54) is 0 Å². The molecule has 1 amide bonds. The third kappa shape index (κ3) is 5.06. The van der Waals surface area contributed by atoms with E-state index < -0.39 is 47.0 Å². The SMILES string of the molecule is COc1cc(C(=O)OCC(=O)Nc2cccc3ccccc23)c([N+](=O)[O-])cc1OC(F)F. The molecule has 3 aromatic carbocycles. The van der Waals surface area contributed by atoms with Crippen molar-refractivity contribution in [1.82, 2.24) is 0 Å². The van der Waals surface area contributed by atoms with Crippen molar-refractivity contribution in [3.05, 3.63) is 70.3 Å². The maximum Gasteiger partial charge on any atom is 0.387 e. The first kappa shape index (κ1) is 22.4. The van der Waals surface area contributed by atoms with Gasteiger partial charge in [-0.3, -0.25) is 14.9 Å². The van der Waals surface area contributed by atoms with Gasteiger partial charge in [-0.25, -0.2) is 4.79 Å². The number of ether oxygens (including phenoxy) is 3. The summed E-state index contributed by atoms with van der Waals surface area (Å²) in [5.41, 5.74) is -0.947. The van der Waals surface area contributed by atoms with Crippen LogP contribution in [0.4, 0.5) is 20.2 Å². The van der Waals surface area contributed by atoms with Crippen molar-refractivity contribution in [2.45, 2.75) is 6.61 Å². The number of anilines is 1. The number of rotatable bonds is 8. The van der Waals surface area contributed by atoms with E-state index in [1.807, 2.05) is 18.2 Å². The number of carbonyl (C=O) groups excluding carboxylic acids is 2. The quantitative estimate of drug-likeness (QED) is 0.314. The number of hydrogen-bond acceptors (Lipinski definition) is 7. The zero-order valence-electron chi connectivity index (χ0n) is 16.5. The van der Waals surface area contributed by atoms with Crippen LogP contribution in [0.15, 0.2) is 54.6 Å². The van der Waals surface area contributed by atoms with Crippen LogP contribution in [-0.2, 0) is 9.53 Å². The zero-order chi connectivity index (χ0) is 23.3. The molecule has 32 heavy (non-hydrogen) atoms. The van der Waals surface area contributed by atoms with Crippen molar-refractivity contribution in [2.75, 3.05) is 19.0 Å². The number of benzene rings is 3. The van der Waals surface area contributed by atoms with Gasteiger partial charge < -0.3 is 19.5 Å². The van der Waals surface area contributed by atoms with Gasteiger partial charge in [0.1, 0.15) is 5.56 Å². The van der Waals surface area contributed by atoms with Crippen LogP contribution in [0.25, 0.3) is 10.8 Å². The van der Waals surface area contributed by atoms with Crippen LogP contribution in [-0.4, -0.2) is 37.1 Å². The number of nitro groups is 1. The normalized spacial score (nSPS) is 10.6. The van der Waals surface area contributed by atoms with Gasteiger partial charge in [-0.15, -0.1) is 0 Å². The van der Waals surface area contributed by atoms with Gasteiger partial charge in [0.25, 0.3) is 11.6 Å². The molecule has 0 aliphatic rings. The summed E-state index contributed by atoms with van der Waals surface area (Å²) in [6.07, 6.45) is 0. The van der Waals surface area contributed by atoms with Gasteiger partial charge in [-0.1, -0.05) is 36.4 Å². The molecule has 1 N–H and O–H groups in total. The second kappa shape index (κ2) is 9.69. The van der Waals surface area contributed by atoms with Crippen molar-refractivity contribution in [1.29, 1.82) is 0 Å². The van der Waals surface area contributed by atoms with E-state index in [-0.39, 0.29) is 5.75 Å². The summed E-state index contributed by atoms with van der Waals surface area (Å²) in [7, 11) is 1.10. The highest BCUT2D eigenvalue weighted by Gasteiger charge is 2.27. The summed E-state index contributed by atoms with van der Waals surface area (Å²) in [6.45, 7) is -4.00. The number of alkyl halides is 2. The topological polar surface area (TPSA) is 117 Å². The molecule has 3 rings (SSSR count). The zero-order valence-corrected chi connectivity index (χ0v) is 16.5. The lowest BCUT2D eigenvalue weighted by Crippen LogP contribution is -2.21. The molecule has 0 aliphatic heterocycles. The molecule has 3 aromatic rings. The predicted molar refractivity (Wildman–Crippen MR) is 109 cm³/mol. The molecule has 0 heterocycles. The summed E-state index contributed by atoms with van der Waals surface area (Å²) in [5.74, 6) is -2.86. The minimum Gasteiger partial charge on any atom is -0.493 e. The van der Waals surface area contributed by atoms with Crippen molar-refractivity contribution < 1.29 is 37.5 Å². The first-order chi connectivity index (χ1) is 15.3. The van der Waals surface area contributed by atoms with Gasteiger partial charge in [0.2, 0.25) is 0 Å². The third-order valence-corrected chi connectivity index (χ3v) is 4.31. The van der Waals surface area contributed by atoms with E-state index in [0.717, 1.165) is 23.9 Å². The first-order valence-corrected chi connectivity index (χ1v) is 9.06. The lowest BCUT2D eigenvalue weighted by molar-refractivity contribution is -0.385. The fourth-order valence-corrected chi connectivity index (χ4v) is 2.94. The predicted octanol–water partition coefficient (Wildman–Crippen LogP) is 4.15. The van der Waals surface area contributed by atoms with Gasteiger partial charge in [0.05, 0.1) is 18.1 Å². The second-order valence-electron chi connectivity index (χ2n) is 6.31. The lowest BCUT2D eigenvalue weighted by Gasteiger charge is -2.12. The van der Waals surface area contributed by atoms with E-state index in [4.69, 9.17) is 9.47 Å². The molecule has 0 bridgehead atoms. The molecule has 0 saturated heterocycles. The van der Waals surface area contributed by atoms with E-state index in [2.05, 4.69) is 10.1 Å². The Morgan fingerprint density at radius 1 is 1.09 bits per heavy atom. The number of methoxy groups -OCH3 is 1. The van der Waals surface area contributed by atoms with Gasteiger partial charge in [0, 0.05) is 17.1 Å². The van der Waals surface area contributed by atoms with Crippen LogP contribution in [0.2, 0.25) is 0 Å². The van der Waals surface area contributed by atoms with Crippen LogP contribution in [0.5, 0.6) is 11.5 Å². The van der Waals surface area contributed by atoms with Gasteiger partial charge in [0.15, 0.2) is 18.1 Å². The van der Waals surface area contributed by atoms with Crippen LogP contribution < -0.4 is 14.8 Å². The Kier molecular flexibility index (Phi) is 6.78. The van der Waals surface area contributed by atoms with E-state index in [1.54, 1.807) is 24.3 Å². The van der Waals surface area contributed by atoms with Crippen LogP contribution >= 0.6 is 0 Å². The second-order valence-corrected chi connectivity index (χ2v) is 6.31. The number of halogens is 2. The van der Waals surface area contributed by atoms with Gasteiger partial charge in [-0.05, 0) is 11.5 Å². The Morgan fingerprint density at radius 3 is 2.50 bits per heavy atom. The van der Waals surface area contributed by atoms with Gasteiger partial charge in [-0.2, -0.15) is 8.78 Å². The van der Waals surface area contributed by atoms with Crippen molar-refractivity contribution >= 4 is 34.0 Å². The highest BCUT2D eigenvalue weighted by atomic mass is 19.3. The maximum atomic E-state index is 12.5. The summed E-state index contributed by atoms with van der Waals surface area (Å²) in [5, 5.41) is 15.6. The van der Waals surface area contributed by atoms with Crippen molar-refractivity contribution in [3.8, 4) is 11.5 Å². The average Bonchev–Trinajstić information content (AvgIpc) is 2.77. The molecular weight excluding hydrogens is 430 g/mol. The third-order valence-electron chi connectivity index (χ3n) is 4.31. The number of nitro benzene ring substituents is 1. The number of amides is 1. The van der Waals surface area contributed by atoms with Crippen molar-refractivity contribution in [2.24, 2.45) is 0 Å². The molecule has 0 unspecified atom stereocenters. The fourth-order valence-electron chi connectivity index (χ4n) is 2.94. The summed E-state index contributed by atoms with van der Waals surface area (Å²) < 4.78 is 39.0. The van der Waals surface area contributed by atoms with E-state index in [0.29, 0.717) is 11.8 Å². The molecule has 0 fully saturated rings. The number of esters is 1. The van der Waals surface area contributed by atoms with E-state index in [9.17, 15) is 28.5 Å². The number of nitrogens with zero attached hydrogens (tertiary/aromatic N) is 1. The molecule has 9 nitrogen and oxygen atoms in total. The highest BCUT2D eigenvalue weighted by Crippen LogP contribution is 2.36. The largest absolute Gasteiger partial charge is 0.493 e. The molecule has 0 aromatic heterocycles. The van der Waals surface area contributed by atoms with Gasteiger partial charge >= 0.3 is 12.6 Å². The number of carbonyl (C=O) groups is 2. The standard InChI is InChI=1S/C21H16F2N2O7/c1-30-17-9-14(16(25(28)29)10-18(17)32-21(22)23)20(27)31-11-19(26)24-15-8-4-6-12-5-2-3-7-13(12)15/h2-10,21H,11H2,1H3,(H,24,26). The molecule has 0 saturated carbocycles. The monoisotopic (exact) mass is 446 g/mol. The molecular formula is C21H16F2N2O7. The lowest BCUT2D eigenvalue weighted by atomic mass is 10.1. The highest BCUT2D eigenvalue weighted by molar-refractivity contribution is 6.03.